The summed E-state index contributed by atoms with van der Waals surface area (Å²) in [7, 11) is 0. The van der Waals surface area contributed by atoms with Gasteiger partial charge in [0.25, 0.3) is 0 Å². The molecule has 102 valence electrons. The maximum Gasteiger partial charge on any atom is 0.392 e. The van der Waals surface area contributed by atoms with Crippen molar-refractivity contribution in [3.05, 3.63) is 0 Å². The molecule has 0 aliphatic heterocycles. The van der Waals surface area contributed by atoms with E-state index in [1.54, 1.807) is 0 Å². The molecule has 0 atom stereocenters. The minimum absolute atomic E-state index is 0.418. The van der Waals surface area contributed by atoms with Crippen molar-refractivity contribution in [3.63, 3.8) is 0 Å². The molecule has 0 aromatic rings. The maximum absolute atomic E-state index is 12.6. The van der Waals surface area contributed by atoms with Gasteiger partial charge in [-0.2, -0.15) is 35.1 Å². The van der Waals surface area contributed by atoms with Gasteiger partial charge in [0, 0.05) is 0 Å². The van der Waals surface area contributed by atoms with Crippen LogP contribution in [0.25, 0.3) is 0 Å². The molecular formula is C7H5ClF8O. The lowest BCUT2D eigenvalue weighted by atomic mass is 10.00. The van der Waals surface area contributed by atoms with Crippen LogP contribution in [0.5, 0.6) is 0 Å². The Morgan fingerprint density at radius 2 is 1.29 bits per heavy atom. The van der Waals surface area contributed by atoms with Crippen molar-refractivity contribution in [2.45, 2.75) is 36.5 Å². The van der Waals surface area contributed by atoms with E-state index in [1.807, 2.05) is 0 Å². The Morgan fingerprint density at radius 1 is 0.941 bits per heavy atom. The number of ketones is 1. The first-order chi connectivity index (χ1) is 7.17. The summed E-state index contributed by atoms with van der Waals surface area (Å²) in [5, 5.41) is -5.88. The molecular weight excluding hydrogens is 288 g/mol. The summed E-state index contributed by atoms with van der Waals surface area (Å²) in [5.74, 6) is -20.2. The third-order valence-corrected chi connectivity index (χ3v) is 1.92. The van der Waals surface area contributed by atoms with Crippen LogP contribution >= 0.6 is 11.6 Å². The SMILES string of the molecule is CC(=O)CC(F)(F)C(F)(F)C(F)(F)C(F)(F)Cl. The van der Waals surface area contributed by atoms with Gasteiger partial charge in [0.1, 0.15) is 5.78 Å². The Balaban J connectivity index is 5.47. The molecule has 0 aromatic carbocycles. The molecule has 17 heavy (non-hydrogen) atoms. The number of halogens is 9. The van der Waals surface area contributed by atoms with Crippen molar-refractivity contribution in [1.29, 1.82) is 0 Å². The molecule has 1 nitrogen and oxygen atoms in total. The summed E-state index contributed by atoms with van der Waals surface area (Å²) in [5.41, 5.74) is 0. The van der Waals surface area contributed by atoms with Crippen molar-refractivity contribution in [2.24, 2.45) is 0 Å². The summed E-state index contributed by atoms with van der Waals surface area (Å²) in [4.78, 5) is 10.2. The smallest absolute Gasteiger partial charge is 0.300 e. The minimum atomic E-state index is -6.50. The molecule has 0 saturated carbocycles. The Morgan fingerprint density at radius 3 is 1.53 bits per heavy atom. The van der Waals surface area contributed by atoms with Crippen molar-refractivity contribution in [1.82, 2.24) is 0 Å². The fraction of sp³-hybridized carbons (Fsp3) is 0.857. The average molecular weight is 293 g/mol. The second kappa shape index (κ2) is 4.25. The number of hydrogen-bond donors (Lipinski definition) is 0. The van der Waals surface area contributed by atoms with E-state index in [9.17, 15) is 39.9 Å². The van der Waals surface area contributed by atoms with Gasteiger partial charge >= 0.3 is 23.1 Å². The van der Waals surface area contributed by atoms with E-state index in [0.717, 1.165) is 0 Å². The van der Waals surface area contributed by atoms with Gasteiger partial charge < -0.3 is 0 Å². The zero-order valence-electron chi connectivity index (χ0n) is 8.02. The predicted molar refractivity (Wildman–Crippen MR) is 40.9 cm³/mol. The monoisotopic (exact) mass is 292 g/mol. The summed E-state index contributed by atoms with van der Waals surface area (Å²) in [6.45, 7) is 0.418. The van der Waals surface area contributed by atoms with Crippen molar-refractivity contribution in [2.75, 3.05) is 0 Å². The van der Waals surface area contributed by atoms with E-state index in [2.05, 4.69) is 11.6 Å². The topological polar surface area (TPSA) is 17.1 Å². The summed E-state index contributed by atoms with van der Waals surface area (Å²) < 4.78 is 99.3. The second-order valence-electron chi connectivity index (χ2n) is 3.23. The highest BCUT2D eigenvalue weighted by Crippen LogP contribution is 2.54. The molecule has 0 amide bonds. The molecule has 0 heterocycles. The van der Waals surface area contributed by atoms with Gasteiger partial charge in [-0.1, -0.05) is 0 Å². The fourth-order valence-corrected chi connectivity index (χ4v) is 0.950. The summed E-state index contributed by atoms with van der Waals surface area (Å²) >= 11 is 3.67. The van der Waals surface area contributed by atoms with Gasteiger partial charge in [0.05, 0.1) is 6.42 Å². The third-order valence-electron chi connectivity index (χ3n) is 1.68. The first-order valence-electron chi connectivity index (χ1n) is 3.86. The van der Waals surface area contributed by atoms with Crippen LogP contribution in [0, 0.1) is 0 Å². The molecule has 0 spiro atoms. The molecule has 0 unspecified atom stereocenters. The number of Topliss-reactive ketones (excluding diaryl/α,β-unsaturated/α-hetero) is 1. The van der Waals surface area contributed by atoms with Gasteiger partial charge in [0.15, 0.2) is 0 Å². The highest BCUT2D eigenvalue weighted by atomic mass is 35.5. The number of carbonyl (C=O) groups is 1. The lowest BCUT2D eigenvalue weighted by Crippen LogP contribution is -2.60. The van der Waals surface area contributed by atoms with Crippen LogP contribution in [-0.4, -0.2) is 28.9 Å². The Hall–Kier alpha value is -0.600. The molecule has 0 N–H and O–H groups in total. The summed E-state index contributed by atoms with van der Waals surface area (Å²) in [6, 6.07) is 0. The molecule has 10 heteroatoms. The van der Waals surface area contributed by atoms with Crippen molar-refractivity contribution in [3.8, 4) is 0 Å². The zero-order valence-corrected chi connectivity index (χ0v) is 8.77. The number of carbonyl (C=O) groups excluding carboxylic acids is 1. The van der Waals surface area contributed by atoms with Crippen LogP contribution in [-0.2, 0) is 4.79 Å². The lowest BCUT2D eigenvalue weighted by molar-refractivity contribution is -0.347. The number of rotatable bonds is 5. The fourth-order valence-electron chi connectivity index (χ4n) is 0.831. The number of hydrogen-bond acceptors (Lipinski definition) is 1. The average Bonchev–Trinajstić information content (AvgIpc) is 1.98. The molecule has 0 bridgehead atoms. The minimum Gasteiger partial charge on any atom is -0.300 e. The Bertz CT molecular complexity index is 307. The number of alkyl halides is 9. The van der Waals surface area contributed by atoms with E-state index >= 15 is 0 Å². The van der Waals surface area contributed by atoms with Crippen LogP contribution in [0.3, 0.4) is 0 Å². The molecule has 0 aliphatic carbocycles. The third kappa shape index (κ3) is 2.80. The highest BCUT2D eigenvalue weighted by molar-refractivity contribution is 6.22. The molecule has 0 radical (unpaired) electrons. The largest absolute Gasteiger partial charge is 0.392 e. The van der Waals surface area contributed by atoms with Crippen LogP contribution in [0.1, 0.15) is 13.3 Å². The van der Waals surface area contributed by atoms with Gasteiger partial charge in [-0.05, 0) is 18.5 Å². The van der Waals surface area contributed by atoms with Gasteiger partial charge in [-0.3, -0.25) is 4.79 Å². The predicted octanol–water partition coefficient (Wildman–Crippen LogP) is 3.70. The van der Waals surface area contributed by atoms with Crippen LogP contribution in [0.4, 0.5) is 35.1 Å². The van der Waals surface area contributed by atoms with Gasteiger partial charge in [-0.25, -0.2) is 0 Å². The molecule has 0 aromatic heterocycles. The first-order valence-corrected chi connectivity index (χ1v) is 4.24. The van der Waals surface area contributed by atoms with Crippen molar-refractivity contribution >= 4 is 17.4 Å². The van der Waals surface area contributed by atoms with Crippen molar-refractivity contribution < 1.29 is 39.9 Å². The maximum atomic E-state index is 12.6. The van der Waals surface area contributed by atoms with E-state index in [-0.39, 0.29) is 0 Å². The van der Waals surface area contributed by atoms with E-state index in [1.165, 1.54) is 0 Å². The van der Waals surface area contributed by atoms with Crippen LogP contribution in [0.15, 0.2) is 0 Å². The molecule has 0 saturated heterocycles. The van der Waals surface area contributed by atoms with Gasteiger partial charge in [-0.15, -0.1) is 0 Å². The molecule has 0 rings (SSSR count). The highest BCUT2D eigenvalue weighted by Gasteiger charge is 2.80. The summed E-state index contributed by atoms with van der Waals surface area (Å²) in [6.07, 6.45) is -2.30. The van der Waals surface area contributed by atoms with Crippen LogP contribution < -0.4 is 0 Å². The zero-order chi connectivity index (χ0) is 14.3. The molecule has 0 aliphatic rings. The Kier molecular flexibility index (Phi) is 4.10. The first kappa shape index (κ1) is 16.4. The van der Waals surface area contributed by atoms with E-state index in [0.29, 0.717) is 6.92 Å². The molecule has 0 fully saturated rings. The van der Waals surface area contributed by atoms with E-state index in [4.69, 9.17) is 0 Å². The van der Waals surface area contributed by atoms with Crippen LogP contribution in [0.2, 0.25) is 0 Å². The normalized spacial score (nSPS) is 14.9. The standard InChI is InChI=1S/C7H5ClF8O/c1-3(17)2-4(9,10)5(11,12)6(13,14)7(8,15)16/h2H2,1H3. The lowest BCUT2D eigenvalue weighted by Gasteiger charge is -2.34. The van der Waals surface area contributed by atoms with E-state index < -0.39 is 35.4 Å². The second-order valence-corrected chi connectivity index (χ2v) is 3.70. The quantitative estimate of drug-likeness (QED) is 0.558. The van der Waals surface area contributed by atoms with Gasteiger partial charge in [0.2, 0.25) is 0 Å². The Labute approximate surface area is 94.7 Å².